The number of pyridine rings is 1. The summed E-state index contributed by atoms with van der Waals surface area (Å²) in [5.74, 6) is 0.528. The van der Waals surface area contributed by atoms with Gasteiger partial charge in [-0.05, 0) is 35.9 Å². The Bertz CT molecular complexity index is 774. The molecule has 1 heterocycles. The molecule has 0 amide bonds. The van der Waals surface area contributed by atoms with Crippen LogP contribution in [0.5, 0.6) is 5.88 Å². The molecule has 0 aliphatic rings. The molecule has 0 aliphatic carbocycles. The summed E-state index contributed by atoms with van der Waals surface area (Å²) in [7, 11) is 1.59. The quantitative estimate of drug-likeness (QED) is 0.697. The van der Waals surface area contributed by atoms with Gasteiger partial charge in [-0.2, -0.15) is 0 Å². The zero-order valence-electron chi connectivity index (χ0n) is 13.1. The van der Waals surface area contributed by atoms with Crippen molar-refractivity contribution in [2.24, 2.45) is 5.73 Å². The average Bonchev–Trinajstić information content (AvgIpc) is 2.62. The van der Waals surface area contributed by atoms with Crippen molar-refractivity contribution < 1.29 is 4.74 Å². The van der Waals surface area contributed by atoms with Crippen LogP contribution < -0.4 is 10.5 Å². The fraction of sp³-hybridized carbons (Fsp3) is 0.105. The molecule has 122 valence electrons. The zero-order valence-corrected chi connectivity index (χ0v) is 14.6. The number of rotatable bonds is 4. The van der Waals surface area contributed by atoms with Crippen molar-refractivity contribution in [1.29, 1.82) is 0 Å². The van der Waals surface area contributed by atoms with E-state index in [9.17, 15) is 0 Å². The first-order chi connectivity index (χ1) is 11.6. The molecule has 2 aromatic carbocycles. The Morgan fingerprint density at radius 3 is 1.96 bits per heavy atom. The minimum Gasteiger partial charge on any atom is -0.481 e. The summed E-state index contributed by atoms with van der Waals surface area (Å²) in [6.45, 7) is 0.345. The van der Waals surface area contributed by atoms with Gasteiger partial charge in [0, 0.05) is 33.3 Å². The Labute approximate surface area is 151 Å². The summed E-state index contributed by atoms with van der Waals surface area (Å²) in [6, 6.07) is 17.2. The van der Waals surface area contributed by atoms with E-state index in [1.165, 1.54) is 0 Å². The number of ether oxygens (including phenoxy) is 1. The number of benzene rings is 2. The molecule has 0 aliphatic heterocycles. The van der Waals surface area contributed by atoms with Gasteiger partial charge in [-0.15, -0.1) is 0 Å². The molecule has 0 spiro atoms. The third-order valence-electron chi connectivity index (χ3n) is 3.75. The van der Waals surface area contributed by atoms with Crippen molar-refractivity contribution in [3.05, 3.63) is 70.2 Å². The molecular weight excluding hydrogens is 343 g/mol. The number of nitrogens with two attached hydrogens (primary N) is 1. The first-order valence-corrected chi connectivity index (χ1v) is 8.18. The van der Waals surface area contributed by atoms with Crippen LogP contribution in [0.4, 0.5) is 0 Å². The molecule has 0 atom stereocenters. The van der Waals surface area contributed by atoms with Gasteiger partial charge in [0.1, 0.15) is 0 Å². The van der Waals surface area contributed by atoms with Crippen molar-refractivity contribution >= 4 is 23.2 Å². The lowest BCUT2D eigenvalue weighted by Gasteiger charge is -2.14. The van der Waals surface area contributed by atoms with Gasteiger partial charge in [-0.3, -0.25) is 0 Å². The summed E-state index contributed by atoms with van der Waals surface area (Å²) in [6.07, 6.45) is 0. The number of aromatic nitrogens is 1. The van der Waals surface area contributed by atoms with Crippen LogP contribution in [0.3, 0.4) is 0 Å². The molecule has 0 unspecified atom stereocenters. The third kappa shape index (κ3) is 3.39. The molecule has 0 fully saturated rings. The number of halogens is 2. The number of methoxy groups -OCH3 is 1. The normalized spacial score (nSPS) is 10.7. The third-order valence-corrected chi connectivity index (χ3v) is 4.25. The lowest BCUT2D eigenvalue weighted by molar-refractivity contribution is 0.393. The first kappa shape index (κ1) is 16.8. The highest BCUT2D eigenvalue weighted by Gasteiger charge is 2.15. The standard InChI is InChI=1S/C19H16Cl2N2O/c1-24-19-14(11-22)10-17(12-2-6-15(20)7-3-12)18(23-19)13-4-8-16(21)9-5-13/h2-10H,11,22H2,1H3. The highest BCUT2D eigenvalue weighted by molar-refractivity contribution is 6.31. The van der Waals surface area contributed by atoms with Gasteiger partial charge in [0.05, 0.1) is 12.8 Å². The second-order valence-corrected chi connectivity index (χ2v) is 6.14. The van der Waals surface area contributed by atoms with Crippen LogP contribution in [0, 0.1) is 0 Å². The monoisotopic (exact) mass is 358 g/mol. The van der Waals surface area contributed by atoms with E-state index < -0.39 is 0 Å². The molecule has 0 radical (unpaired) electrons. The molecule has 24 heavy (non-hydrogen) atoms. The smallest absolute Gasteiger partial charge is 0.218 e. The molecule has 3 nitrogen and oxygen atoms in total. The summed E-state index contributed by atoms with van der Waals surface area (Å²) in [5, 5.41) is 1.37. The van der Waals surface area contributed by atoms with Crippen LogP contribution in [0.15, 0.2) is 54.6 Å². The van der Waals surface area contributed by atoms with Crippen molar-refractivity contribution in [2.75, 3.05) is 7.11 Å². The number of hydrogen-bond donors (Lipinski definition) is 1. The van der Waals surface area contributed by atoms with E-state index in [-0.39, 0.29) is 0 Å². The van der Waals surface area contributed by atoms with E-state index in [1.54, 1.807) is 7.11 Å². The van der Waals surface area contributed by atoms with Gasteiger partial charge in [-0.1, -0.05) is 47.5 Å². The van der Waals surface area contributed by atoms with E-state index in [2.05, 4.69) is 4.98 Å². The lowest BCUT2D eigenvalue weighted by atomic mass is 9.97. The van der Waals surface area contributed by atoms with Crippen molar-refractivity contribution in [1.82, 2.24) is 4.98 Å². The Morgan fingerprint density at radius 2 is 1.46 bits per heavy atom. The van der Waals surface area contributed by atoms with Gasteiger partial charge < -0.3 is 10.5 Å². The van der Waals surface area contributed by atoms with E-state index >= 15 is 0 Å². The first-order valence-electron chi connectivity index (χ1n) is 7.42. The highest BCUT2D eigenvalue weighted by atomic mass is 35.5. The fourth-order valence-corrected chi connectivity index (χ4v) is 2.79. The largest absolute Gasteiger partial charge is 0.481 e. The van der Waals surface area contributed by atoms with Gasteiger partial charge >= 0.3 is 0 Å². The molecule has 0 bridgehead atoms. The molecular formula is C19H16Cl2N2O. The Kier molecular flexibility index (Phi) is 5.05. The lowest BCUT2D eigenvalue weighted by Crippen LogP contribution is -2.04. The number of hydrogen-bond acceptors (Lipinski definition) is 3. The Balaban J connectivity index is 2.24. The molecule has 3 aromatic rings. The van der Waals surface area contributed by atoms with Crippen LogP contribution in [0.25, 0.3) is 22.4 Å². The Morgan fingerprint density at radius 1 is 0.917 bits per heavy atom. The minimum absolute atomic E-state index is 0.345. The van der Waals surface area contributed by atoms with Crippen LogP contribution in [-0.2, 0) is 6.54 Å². The topological polar surface area (TPSA) is 48.1 Å². The summed E-state index contributed by atoms with van der Waals surface area (Å²) < 4.78 is 5.39. The second-order valence-electron chi connectivity index (χ2n) is 5.27. The van der Waals surface area contributed by atoms with E-state index in [1.807, 2.05) is 54.6 Å². The maximum atomic E-state index is 6.01. The minimum atomic E-state index is 0.345. The van der Waals surface area contributed by atoms with Crippen LogP contribution in [0.1, 0.15) is 5.56 Å². The molecule has 3 rings (SSSR count). The zero-order chi connectivity index (χ0) is 17.1. The number of nitrogens with zero attached hydrogens (tertiary/aromatic N) is 1. The van der Waals surface area contributed by atoms with E-state index in [0.29, 0.717) is 22.5 Å². The predicted molar refractivity (Wildman–Crippen MR) is 99.6 cm³/mol. The Hall–Kier alpha value is -2.07. The molecule has 5 heteroatoms. The molecule has 1 aromatic heterocycles. The maximum Gasteiger partial charge on any atom is 0.218 e. The fourth-order valence-electron chi connectivity index (χ4n) is 2.54. The van der Waals surface area contributed by atoms with Crippen LogP contribution in [0.2, 0.25) is 10.0 Å². The van der Waals surface area contributed by atoms with Gasteiger partial charge in [0.25, 0.3) is 0 Å². The highest BCUT2D eigenvalue weighted by Crippen LogP contribution is 2.35. The SMILES string of the molecule is COc1nc(-c2ccc(Cl)cc2)c(-c2ccc(Cl)cc2)cc1CN. The molecule has 0 saturated carbocycles. The van der Waals surface area contributed by atoms with Gasteiger partial charge in [0.15, 0.2) is 0 Å². The van der Waals surface area contributed by atoms with Crippen molar-refractivity contribution in [2.45, 2.75) is 6.54 Å². The van der Waals surface area contributed by atoms with Gasteiger partial charge in [-0.25, -0.2) is 4.98 Å². The van der Waals surface area contributed by atoms with Gasteiger partial charge in [0.2, 0.25) is 5.88 Å². The summed E-state index contributed by atoms with van der Waals surface area (Å²) in [4.78, 5) is 4.68. The van der Waals surface area contributed by atoms with E-state index in [4.69, 9.17) is 33.7 Å². The average molecular weight is 359 g/mol. The molecule has 0 saturated heterocycles. The van der Waals surface area contributed by atoms with Crippen molar-refractivity contribution in [3.8, 4) is 28.3 Å². The summed E-state index contributed by atoms with van der Waals surface area (Å²) in [5.41, 5.74) is 10.4. The van der Waals surface area contributed by atoms with Crippen LogP contribution >= 0.6 is 23.2 Å². The van der Waals surface area contributed by atoms with E-state index in [0.717, 1.165) is 27.9 Å². The predicted octanol–water partition coefficient (Wildman–Crippen LogP) is 5.19. The summed E-state index contributed by atoms with van der Waals surface area (Å²) >= 11 is 12.0. The second kappa shape index (κ2) is 7.22. The maximum absolute atomic E-state index is 6.01. The van der Waals surface area contributed by atoms with Crippen molar-refractivity contribution in [3.63, 3.8) is 0 Å². The molecule has 2 N–H and O–H groups in total. The van der Waals surface area contributed by atoms with Crippen LogP contribution in [-0.4, -0.2) is 12.1 Å².